The molecule has 0 amide bonds. The minimum atomic E-state index is -0.0125. The highest BCUT2D eigenvalue weighted by molar-refractivity contribution is 7.99. The third-order valence-corrected chi connectivity index (χ3v) is 2.82. The largest absolute Gasteiger partial charge is 0.461 e. The molecule has 0 spiro atoms. The summed E-state index contributed by atoms with van der Waals surface area (Å²) >= 11 is 1.24. The molecule has 10 heteroatoms. The van der Waals surface area contributed by atoms with E-state index in [1.807, 2.05) is 13.8 Å². The molecule has 0 saturated carbocycles. The van der Waals surface area contributed by atoms with Crippen molar-refractivity contribution in [3.05, 3.63) is 0 Å². The van der Waals surface area contributed by atoms with Gasteiger partial charge in [-0.15, -0.1) is 5.10 Å². The smallest absolute Gasteiger partial charge is 0.322 e. The maximum atomic E-state index is 5.47. The lowest BCUT2D eigenvalue weighted by molar-refractivity contribution is 0.219. The average Bonchev–Trinajstić information content (AvgIpc) is 2.74. The topological polar surface area (TPSA) is 104 Å². The molecule has 102 valence electrons. The first-order chi connectivity index (χ1) is 9.08. The molecular weight excluding hydrogens is 268 g/mol. The van der Waals surface area contributed by atoms with Gasteiger partial charge >= 0.3 is 6.01 Å². The summed E-state index contributed by atoms with van der Waals surface area (Å²) in [4.78, 5) is 12.5. The Balaban J connectivity index is 2.26. The summed E-state index contributed by atoms with van der Waals surface area (Å²) in [6, 6.07) is 0.270. The van der Waals surface area contributed by atoms with E-state index in [1.54, 1.807) is 14.1 Å². The van der Waals surface area contributed by atoms with Crippen molar-refractivity contribution in [2.45, 2.75) is 30.3 Å². The highest BCUT2D eigenvalue weighted by Gasteiger charge is 2.12. The van der Waals surface area contributed by atoms with Crippen LogP contribution in [0.1, 0.15) is 13.8 Å². The van der Waals surface area contributed by atoms with Crippen LogP contribution in [0.25, 0.3) is 0 Å². The monoisotopic (exact) mass is 282 g/mol. The van der Waals surface area contributed by atoms with Gasteiger partial charge in [-0.25, -0.2) is 4.68 Å². The van der Waals surface area contributed by atoms with Crippen LogP contribution in [-0.4, -0.2) is 48.3 Å². The van der Waals surface area contributed by atoms with Crippen LogP contribution in [0.15, 0.2) is 10.3 Å². The van der Waals surface area contributed by atoms with E-state index in [0.29, 0.717) is 16.3 Å². The van der Waals surface area contributed by atoms with Gasteiger partial charge in [0.1, 0.15) is 0 Å². The van der Waals surface area contributed by atoms with Crippen molar-refractivity contribution in [2.75, 3.05) is 12.4 Å². The highest BCUT2D eigenvalue weighted by Crippen LogP contribution is 2.23. The summed E-state index contributed by atoms with van der Waals surface area (Å²) in [5.74, 6) is 0.434. The van der Waals surface area contributed by atoms with E-state index in [-0.39, 0.29) is 12.1 Å². The van der Waals surface area contributed by atoms with Crippen LogP contribution in [0.2, 0.25) is 0 Å². The maximum absolute atomic E-state index is 5.47. The zero-order chi connectivity index (χ0) is 13.8. The van der Waals surface area contributed by atoms with E-state index < -0.39 is 0 Å². The second-order valence-electron chi connectivity index (χ2n) is 3.83. The van der Waals surface area contributed by atoms with Crippen LogP contribution in [0, 0.1) is 0 Å². The summed E-state index contributed by atoms with van der Waals surface area (Å²) < 4.78 is 7.01. The molecule has 0 aromatic carbocycles. The van der Waals surface area contributed by atoms with Crippen molar-refractivity contribution in [1.29, 1.82) is 0 Å². The van der Waals surface area contributed by atoms with E-state index in [0.717, 1.165) is 0 Å². The minimum Gasteiger partial charge on any atom is -0.461 e. The van der Waals surface area contributed by atoms with Crippen LogP contribution < -0.4 is 10.1 Å². The SMILES string of the molecule is CNc1nc(OC(C)C)nc(Sc2nnnn2C)n1. The Morgan fingerprint density at radius 3 is 2.63 bits per heavy atom. The first kappa shape index (κ1) is 13.5. The van der Waals surface area contributed by atoms with Crippen molar-refractivity contribution >= 4 is 17.7 Å². The van der Waals surface area contributed by atoms with Crippen molar-refractivity contribution in [2.24, 2.45) is 7.05 Å². The zero-order valence-electron chi connectivity index (χ0n) is 11.0. The Hall–Kier alpha value is -1.97. The number of tetrazole rings is 1. The van der Waals surface area contributed by atoms with Gasteiger partial charge in [0.25, 0.3) is 0 Å². The highest BCUT2D eigenvalue weighted by atomic mass is 32.2. The number of nitrogens with zero attached hydrogens (tertiary/aromatic N) is 7. The molecule has 0 saturated heterocycles. The molecule has 2 rings (SSSR count). The molecule has 0 atom stereocenters. The summed E-state index contributed by atoms with van der Waals surface area (Å²) in [6.07, 6.45) is -0.0125. The van der Waals surface area contributed by atoms with Gasteiger partial charge in [0.05, 0.1) is 6.10 Å². The number of hydrogen-bond acceptors (Lipinski definition) is 9. The van der Waals surface area contributed by atoms with Crippen molar-refractivity contribution in [1.82, 2.24) is 35.2 Å². The van der Waals surface area contributed by atoms with Crippen LogP contribution in [0.5, 0.6) is 6.01 Å². The quantitative estimate of drug-likeness (QED) is 0.833. The van der Waals surface area contributed by atoms with Crippen LogP contribution >= 0.6 is 11.8 Å². The number of ether oxygens (including phenoxy) is 1. The summed E-state index contributed by atoms with van der Waals surface area (Å²) in [5, 5.41) is 15.1. The maximum Gasteiger partial charge on any atom is 0.322 e. The molecule has 0 bridgehead atoms. The molecule has 2 aromatic heterocycles. The Morgan fingerprint density at radius 2 is 2.05 bits per heavy atom. The number of aryl methyl sites for hydroxylation is 1. The predicted octanol–water partition coefficient (Wildman–Crippen LogP) is 0.375. The van der Waals surface area contributed by atoms with Gasteiger partial charge in [0, 0.05) is 14.1 Å². The molecule has 1 N–H and O–H groups in total. The van der Waals surface area contributed by atoms with Crippen LogP contribution in [-0.2, 0) is 7.05 Å². The van der Waals surface area contributed by atoms with E-state index in [1.165, 1.54) is 16.4 Å². The number of rotatable bonds is 5. The molecule has 19 heavy (non-hydrogen) atoms. The molecule has 0 fully saturated rings. The van der Waals surface area contributed by atoms with Gasteiger partial charge in [0.15, 0.2) is 0 Å². The fourth-order valence-electron chi connectivity index (χ4n) is 1.15. The van der Waals surface area contributed by atoms with Crippen molar-refractivity contribution in [3.63, 3.8) is 0 Å². The lowest BCUT2D eigenvalue weighted by Crippen LogP contribution is -2.11. The molecule has 0 aliphatic heterocycles. The third-order valence-electron chi connectivity index (χ3n) is 1.92. The number of hydrogen-bond donors (Lipinski definition) is 1. The van der Waals surface area contributed by atoms with Gasteiger partial charge in [-0.2, -0.15) is 15.0 Å². The van der Waals surface area contributed by atoms with Gasteiger partial charge < -0.3 is 10.1 Å². The number of aromatic nitrogens is 7. The summed E-state index contributed by atoms with van der Waals surface area (Å²) in [6.45, 7) is 3.81. The minimum absolute atomic E-state index is 0.0125. The lowest BCUT2D eigenvalue weighted by atomic mass is 10.5. The second kappa shape index (κ2) is 5.78. The van der Waals surface area contributed by atoms with Gasteiger partial charge in [-0.05, 0) is 36.0 Å². The van der Waals surface area contributed by atoms with E-state index in [9.17, 15) is 0 Å². The first-order valence-electron chi connectivity index (χ1n) is 5.59. The second-order valence-corrected chi connectivity index (χ2v) is 4.76. The number of nitrogens with one attached hydrogen (secondary N) is 1. The predicted molar refractivity (Wildman–Crippen MR) is 68.1 cm³/mol. The molecule has 2 heterocycles. The van der Waals surface area contributed by atoms with Gasteiger partial charge in [-0.1, -0.05) is 0 Å². The van der Waals surface area contributed by atoms with E-state index in [4.69, 9.17) is 4.74 Å². The average molecular weight is 282 g/mol. The van der Waals surface area contributed by atoms with Crippen molar-refractivity contribution < 1.29 is 4.74 Å². The van der Waals surface area contributed by atoms with Crippen molar-refractivity contribution in [3.8, 4) is 6.01 Å². The molecule has 0 aliphatic carbocycles. The Kier molecular flexibility index (Phi) is 4.10. The molecule has 9 nitrogen and oxygen atoms in total. The van der Waals surface area contributed by atoms with E-state index >= 15 is 0 Å². The van der Waals surface area contributed by atoms with Gasteiger partial charge in [-0.3, -0.25) is 0 Å². The molecule has 0 unspecified atom stereocenters. The summed E-state index contributed by atoms with van der Waals surface area (Å²) in [7, 11) is 3.47. The number of anilines is 1. The molecular formula is C9H14N8OS. The summed E-state index contributed by atoms with van der Waals surface area (Å²) in [5.41, 5.74) is 0. The van der Waals surface area contributed by atoms with E-state index in [2.05, 4.69) is 35.8 Å². The Labute approximate surface area is 114 Å². The fraction of sp³-hybridized carbons (Fsp3) is 0.556. The standard InChI is InChI=1S/C9H14N8OS/c1-5(2)18-7-11-6(10-3)12-8(13-7)19-9-14-15-16-17(9)4/h5H,1-4H3,(H,10,11,12,13). The zero-order valence-corrected chi connectivity index (χ0v) is 11.8. The lowest BCUT2D eigenvalue weighted by Gasteiger charge is -2.09. The van der Waals surface area contributed by atoms with Gasteiger partial charge in [0.2, 0.25) is 16.3 Å². The fourth-order valence-corrected chi connectivity index (χ4v) is 1.81. The molecule has 0 aliphatic rings. The Morgan fingerprint density at radius 1 is 1.26 bits per heavy atom. The molecule has 0 radical (unpaired) electrons. The van der Waals surface area contributed by atoms with Crippen LogP contribution in [0.4, 0.5) is 5.95 Å². The third kappa shape index (κ3) is 3.50. The Bertz CT molecular complexity index is 557. The first-order valence-corrected chi connectivity index (χ1v) is 6.41. The van der Waals surface area contributed by atoms with Crippen LogP contribution in [0.3, 0.4) is 0 Å². The molecule has 2 aromatic rings. The normalized spacial score (nSPS) is 10.8.